The number of nitro groups is 1. The van der Waals surface area contributed by atoms with Crippen molar-refractivity contribution < 1.29 is 19.3 Å². The predicted octanol–water partition coefficient (Wildman–Crippen LogP) is 6.79. The van der Waals surface area contributed by atoms with Crippen molar-refractivity contribution in [2.75, 3.05) is 10.2 Å². The van der Waals surface area contributed by atoms with Crippen molar-refractivity contribution in [3.8, 4) is 0 Å². The number of hydrogen-bond donors (Lipinski definition) is 1. The number of anilines is 2. The molecule has 8 heteroatoms. The van der Waals surface area contributed by atoms with Crippen molar-refractivity contribution in [3.05, 3.63) is 141 Å². The van der Waals surface area contributed by atoms with E-state index >= 15 is 0 Å². The fraction of sp³-hybridized carbons (Fsp3) is 0.216. The van der Waals surface area contributed by atoms with Gasteiger partial charge in [-0.3, -0.25) is 24.5 Å². The Morgan fingerprint density at radius 2 is 1.53 bits per heavy atom. The van der Waals surface area contributed by atoms with Crippen LogP contribution in [-0.2, 0) is 16.6 Å². The zero-order valence-corrected chi connectivity index (χ0v) is 24.9. The molecule has 4 atom stereocenters. The van der Waals surface area contributed by atoms with Crippen LogP contribution < -0.4 is 10.2 Å². The number of nitro benzene ring substituents is 1. The van der Waals surface area contributed by atoms with Crippen molar-refractivity contribution in [1.29, 1.82) is 0 Å². The first kappa shape index (κ1) is 28.4. The molecule has 4 aromatic carbocycles. The first-order valence-electron chi connectivity index (χ1n) is 15.2. The maximum atomic E-state index is 15.0. The molecule has 0 aromatic heterocycles. The van der Waals surface area contributed by atoms with Crippen molar-refractivity contribution in [1.82, 2.24) is 0 Å². The van der Waals surface area contributed by atoms with E-state index in [0.717, 1.165) is 35.2 Å². The molecule has 1 spiro atoms. The van der Waals surface area contributed by atoms with Gasteiger partial charge in [0.25, 0.3) is 5.69 Å². The minimum Gasteiger partial charge on any atom is -0.352 e. The second-order valence-corrected chi connectivity index (χ2v) is 12.0. The van der Waals surface area contributed by atoms with Gasteiger partial charge in [-0.1, -0.05) is 80.1 Å². The van der Waals surface area contributed by atoms with Gasteiger partial charge >= 0.3 is 0 Å². The highest BCUT2D eigenvalue weighted by Crippen LogP contribution is 2.58. The Balaban J connectivity index is 1.50. The minimum atomic E-state index is -1.42. The van der Waals surface area contributed by atoms with Gasteiger partial charge in [-0.15, -0.1) is 0 Å². The second kappa shape index (κ2) is 10.7. The van der Waals surface area contributed by atoms with Gasteiger partial charge in [0.15, 0.2) is 11.6 Å². The molecule has 0 aliphatic carbocycles. The molecular formula is C37H31N3O5. The molecule has 45 heavy (non-hydrogen) atoms. The molecule has 4 aromatic rings. The molecule has 8 nitrogen and oxygen atoms in total. The topological polar surface area (TPSA) is 110 Å². The van der Waals surface area contributed by atoms with Crippen LogP contribution in [0.5, 0.6) is 0 Å². The Morgan fingerprint density at radius 1 is 0.889 bits per heavy atom. The second-order valence-electron chi connectivity index (χ2n) is 12.0. The molecule has 7 rings (SSSR count). The third-order valence-electron chi connectivity index (χ3n) is 9.57. The molecule has 0 unspecified atom stereocenters. The quantitative estimate of drug-likeness (QED) is 0.143. The molecule has 1 fully saturated rings. The van der Waals surface area contributed by atoms with Crippen molar-refractivity contribution >= 4 is 40.1 Å². The first-order valence-corrected chi connectivity index (χ1v) is 15.2. The summed E-state index contributed by atoms with van der Waals surface area (Å²) in [5.74, 6) is -2.13. The molecule has 1 saturated heterocycles. The third kappa shape index (κ3) is 4.16. The summed E-state index contributed by atoms with van der Waals surface area (Å²) in [6.07, 6.45) is 3.84. The van der Waals surface area contributed by atoms with Gasteiger partial charge in [-0.05, 0) is 54.3 Å². The molecule has 1 N–H and O–H groups in total. The van der Waals surface area contributed by atoms with E-state index in [4.69, 9.17) is 0 Å². The van der Waals surface area contributed by atoms with Crippen LogP contribution in [0.3, 0.4) is 0 Å². The zero-order chi connectivity index (χ0) is 31.5. The number of hydrogen-bond acceptors (Lipinski definition) is 6. The SMILES string of the molecule is CCCc1ccc(C(=O)[C@@H]2[C@@H](C(=O)c3ccc([N+](=O)[O-])cc3)N3c4ccccc4C(C)=C[C@@H]3[C@]23C(=O)Nc2ccccc23)cc1. The maximum absolute atomic E-state index is 15.0. The zero-order valence-electron chi connectivity index (χ0n) is 24.9. The lowest BCUT2D eigenvalue weighted by Gasteiger charge is -2.39. The fourth-order valence-electron chi connectivity index (χ4n) is 7.61. The lowest BCUT2D eigenvalue weighted by molar-refractivity contribution is -0.384. The van der Waals surface area contributed by atoms with Crippen LogP contribution in [0.4, 0.5) is 17.1 Å². The monoisotopic (exact) mass is 597 g/mol. The number of non-ortho nitro benzene ring substituents is 1. The normalized spacial score (nSPS) is 22.7. The average molecular weight is 598 g/mol. The summed E-state index contributed by atoms with van der Waals surface area (Å²) in [5.41, 5.74) is 4.09. The number of Topliss-reactive ketones (excluding diaryl/α,β-unsaturated/α-hetero) is 2. The summed E-state index contributed by atoms with van der Waals surface area (Å²) in [7, 11) is 0. The molecule has 0 radical (unpaired) electrons. The van der Waals surface area contributed by atoms with Crippen LogP contribution in [0.25, 0.3) is 5.57 Å². The highest BCUT2D eigenvalue weighted by Gasteiger charge is 2.70. The predicted molar refractivity (Wildman–Crippen MR) is 173 cm³/mol. The number of fused-ring (bicyclic) bond motifs is 6. The Hall–Kier alpha value is -5.37. The van der Waals surface area contributed by atoms with Gasteiger partial charge in [0.05, 0.1) is 16.9 Å². The van der Waals surface area contributed by atoms with Crippen LogP contribution in [-0.4, -0.2) is 34.5 Å². The summed E-state index contributed by atoms with van der Waals surface area (Å²) >= 11 is 0. The summed E-state index contributed by atoms with van der Waals surface area (Å²) in [4.78, 5) is 57.2. The molecule has 0 saturated carbocycles. The molecule has 3 aliphatic rings. The molecule has 0 bridgehead atoms. The number of carbonyl (C=O) groups is 3. The summed E-state index contributed by atoms with van der Waals surface area (Å²) < 4.78 is 0. The largest absolute Gasteiger partial charge is 0.352 e. The van der Waals surface area contributed by atoms with Crippen LogP contribution in [0.2, 0.25) is 0 Å². The van der Waals surface area contributed by atoms with E-state index < -0.39 is 28.3 Å². The molecule has 3 aliphatic heterocycles. The van der Waals surface area contributed by atoms with Crippen molar-refractivity contribution in [2.45, 2.75) is 44.2 Å². The minimum absolute atomic E-state index is 0.141. The highest BCUT2D eigenvalue weighted by molar-refractivity contribution is 6.18. The van der Waals surface area contributed by atoms with Gasteiger partial charge in [-0.2, -0.15) is 0 Å². The highest BCUT2D eigenvalue weighted by atomic mass is 16.6. The Labute approximate surface area is 260 Å². The fourth-order valence-corrected chi connectivity index (χ4v) is 7.61. The number of ketones is 2. The van der Waals surface area contributed by atoms with E-state index in [1.54, 1.807) is 12.1 Å². The summed E-state index contributed by atoms with van der Waals surface area (Å²) in [6, 6.07) is 26.3. The number of nitrogens with zero attached hydrogens (tertiary/aromatic N) is 2. The van der Waals surface area contributed by atoms with Crippen molar-refractivity contribution in [3.63, 3.8) is 0 Å². The summed E-state index contributed by atoms with van der Waals surface area (Å²) in [5, 5.41) is 14.4. The van der Waals surface area contributed by atoms with E-state index in [2.05, 4.69) is 12.2 Å². The van der Waals surface area contributed by atoms with Gasteiger partial charge in [0.2, 0.25) is 5.91 Å². The maximum Gasteiger partial charge on any atom is 0.269 e. The van der Waals surface area contributed by atoms with Crippen LogP contribution in [0.1, 0.15) is 57.7 Å². The van der Waals surface area contributed by atoms with E-state index in [0.29, 0.717) is 16.8 Å². The number of aryl methyl sites for hydroxylation is 1. The van der Waals surface area contributed by atoms with Gasteiger partial charge in [0.1, 0.15) is 11.5 Å². The number of nitrogens with one attached hydrogen (secondary N) is 1. The Bertz CT molecular complexity index is 1910. The van der Waals surface area contributed by atoms with E-state index in [9.17, 15) is 24.5 Å². The number of allylic oxidation sites excluding steroid dienone is 1. The molecular weight excluding hydrogens is 566 g/mol. The smallest absolute Gasteiger partial charge is 0.269 e. The lowest BCUT2D eigenvalue weighted by atomic mass is 9.64. The summed E-state index contributed by atoms with van der Waals surface area (Å²) in [6.45, 7) is 4.08. The molecule has 224 valence electrons. The molecule has 3 heterocycles. The number of carbonyl (C=O) groups excluding carboxylic acids is 3. The van der Waals surface area contributed by atoms with Gasteiger partial charge in [-0.25, -0.2) is 0 Å². The van der Waals surface area contributed by atoms with Crippen molar-refractivity contribution in [2.24, 2.45) is 5.92 Å². The Morgan fingerprint density at radius 3 is 2.24 bits per heavy atom. The van der Waals surface area contributed by atoms with Gasteiger partial charge in [0, 0.05) is 40.2 Å². The van der Waals surface area contributed by atoms with Crippen LogP contribution in [0.15, 0.2) is 103 Å². The van der Waals surface area contributed by atoms with E-state index in [1.807, 2.05) is 78.6 Å². The standard InChI is InChI=1S/C37H31N3O5/c1-3-8-23-13-15-24(16-14-23)34(41)32-33(35(42)25-17-19-26(20-18-25)40(44)45)39-30-12-7-4-9-27(30)22(2)21-31(39)37(32)28-10-5-6-11-29(28)38-36(37)43/h4-7,9-21,31-33H,3,8H2,1-2H3,(H,38,43)/t31-,32+,33+,37+/m1/s1. The lowest BCUT2D eigenvalue weighted by Crippen LogP contribution is -2.51. The van der Waals surface area contributed by atoms with Crippen LogP contribution in [0, 0.1) is 16.0 Å². The van der Waals surface area contributed by atoms with E-state index in [-0.39, 0.29) is 28.7 Å². The number of para-hydroxylation sites is 2. The van der Waals surface area contributed by atoms with E-state index in [1.165, 1.54) is 24.3 Å². The third-order valence-corrected chi connectivity index (χ3v) is 9.57. The number of amides is 1. The average Bonchev–Trinajstić information content (AvgIpc) is 3.53. The Kier molecular flexibility index (Phi) is 6.73. The first-order chi connectivity index (χ1) is 21.8. The van der Waals surface area contributed by atoms with Crippen LogP contribution >= 0.6 is 0 Å². The number of benzene rings is 4. The molecule has 1 amide bonds. The number of rotatable bonds is 7. The van der Waals surface area contributed by atoms with Gasteiger partial charge < -0.3 is 10.2 Å².